The van der Waals surface area contributed by atoms with Crippen LogP contribution in [0.5, 0.6) is 0 Å². The number of amides is 1. The molecule has 1 amide bonds. The summed E-state index contributed by atoms with van der Waals surface area (Å²) < 4.78 is 7.22. The first-order valence-corrected chi connectivity index (χ1v) is 11.0. The predicted octanol–water partition coefficient (Wildman–Crippen LogP) is 2.57. The molecule has 1 unspecified atom stereocenters. The molecule has 30 heavy (non-hydrogen) atoms. The standard InChI is InChI=1S/C21H26N6O2S/c1-4-16(20(28)26-9-11-29-12-10-26)30-21-23-19-17(14(3)24-25-19)18(22)27(21)15-8-6-5-7-13(15)2/h5-8,16,22H,4,9-12H2,1-3H3,(H,24,25). The molecule has 8 nitrogen and oxygen atoms in total. The maximum absolute atomic E-state index is 13.1. The molecule has 1 fully saturated rings. The second kappa shape index (κ2) is 8.61. The Morgan fingerprint density at radius 1 is 1.30 bits per heavy atom. The van der Waals surface area contributed by atoms with Crippen LogP contribution in [-0.4, -0.2) is 62.1 Å². The van der Waals surface area contributed by atoms with Crippen molar-refractivity contribution < 1.29 is 9.53 Å². The highest BCUT2D eigenvalue weighted by Crippen LogP contribution is 2.29. The van der Waals surface area contributed by atoms with E-state index in [1.807, 2.05) is 54.5 Å². The van der Waals surface area contributed by atoms with E-state index in [2.05, 4.69) is 10.2 Å². The lowest BCUT2D eigenvalue weighted by Crippen LogP contribution is -2.44. The van der Waals surface area contributed by atoms with Crippen LogP contribution in [-0.2, 0) is 9.53 Å². The zero-order chi connectivity index (χ0) is 21.3. The lowest BCUT2D eigenvalue weighted by molar-refractivity contribution is -0.134. The number of hydrogen-bond acceptors (Lipinski definition) is 6. The third kappa shape index (κ3) is 3.75. The van der Waals surface area contributed by atoms with Crippen molar-refractivity contribution in [2.45, 2.75) is 37.6 Å². The highest BCUT2D eigenvalue weighted by atomic mass is 32.2. The molecule has 3 heterocycles. The SMILES string of the molecule is CCC(Sc1nc2n[nH]c(C)c2c(=N)n1-c1ccccc1C)C(=O)N1CCOCC1. The van der Waals surface area contributed by atoms with Crippen LogP contribution in [0.4, 0.5) is 0 Å². The Kier molecular flexibility index (Phi) is 5.92. The fraction of sp³-hybridized carbons (Fsp3) is 0.429. The number of thioether (sulfide) groups is 1. The number of aryl methyl sites for hydroxylation is 2. The van der Waals surface area contributed by atoms with Crippen molar-refractivity contribution in [1.82, 2.24) is 24.6 Å². The molecular formula is C21H26N6O2S. The minimum absolute atomic E-state index is 0.0915. The summed E-state index contributed by atoms with van der Waals surface area (Å²) in [6.45, 7) is 8.28. The number of fused-ring (bicyclic) bond motifs is 1. The van der Waals surface area contributed by atoms with Crippen LogP contribution >= 0.6 is 11.8 Å². The van der Waals surface area contributed by atoms with Gasteiger partial charge in [-0.05, 0) is 31.9 Å². The number of nitrogens with zero attached hydrogens (tertiary/aromatic N) is 4. The summed E-state index contributed by atoms with van der Waals surface area (Å²) in [7, 11) is 0. The number of aromatic amines is 1. The second-order valence-electron chi connectivity index (χ2n) is 7.36. The molecule has 0 bridgehead atoms. The Morgan fingerprint density at radius 3 is 2.73 bits per heavy atom. The second-order valence-corrected chi connectivity index (χ2v) is 8.53. The fourth-order valence-corrected chi connectivity index (χ4v) is 4.77. The average Bonchev–Trinajstić information content (AvgIpc) is 3.14. The van der Waals surface area contributed by atoms with Gasteiger partial charge in [-0.15, -0.1) is 0 Å². The number of nitrogens with one attached hydrogen (secondary N) is 2. The molecule has 2 aromatic heterocycles. The Hall–Kier alpha value is -2.65. The summed E-state index contributed by atoms with van der Waals surface area (Å²) in [5, 5.41) is 17.1. The van der Waals surface area contributed by atoms with Crippen molar-refractivity contribution in [1.29, 1.82) is 5.41 Å². The maximum Gasteiger partial charge on any atom is 0.236 e. The molecule has 158 valence electrons. The number of hydrogen-bond donors (Lipinski definition) is 2. The van der Waals surface area contributed by atoms with E-state index >= 15 is 0 Å². The van der Waals surface area contributed by atoms with E-state index in [1.165, 1.54) is 11.8 Å². The Labute approximate surface area is 179 Å². The lowest BCUT2D eigenvalue weighted by atomic mass is 10.2. The first kappa shape index (κ1) is 20.6. The van der Waals surface area contributed by atoms with Gasteiger partial charge >= 0.3 is 0 Å². The van der Waals surface area contributed by atoms with Gasteiger partial charge in [0.05, 0.1) is 29.5 Å². The number of carbonyl (C=O) groups is 1. The quantitative estimate of drug-likeness (QED) is 0.482. The first-order valence-electron chi connectivity index (χ1n) is 10.1. The molecular weight excluding hydrogens is 400 g/mol. The molecule has 1 aromatic carbocycles. The normalized spacial score (nSPS) is 15.5. The number of para-hydroxylation sites is 1. The number of H-pyrrole nitrogens is 1. The zero-order valence-corrected chi connectivity index (χ0v) is 18.3. The summed E-state index contributed by atoms with van der Waals surface area (Å²) in [6, 6.07) is 7.91. The van der Waals surface area contributed by atoms with E-state index in [1.54, 1.807) is 0 Å². The minimum Gasteiger partial charge on any atom is -0.378 e. The molecule has 0 saturated carbocycles. The molecule has 4 rings (SSSR count). The highest BCUT2D eigenvalue weighted by molar-refractivity contribution is 8.00. The van der Waals surface area contributed by atoms with Gasteiger partial charge in [-0.3, -0.25) is 19.9 Å². The van der Waals surface area contributed by atoms with Gasteiger partial charge in [-0.25, -0.2) is 4.98 Å². The van der Waals surface area contributed by atoms with Gasteiger partial charge in [-0.1, -0.05) is 36.9 Å². The van der Waals surface area contributed by atoms with Gasteiger partial charge in [-0.2, -0.15) is 5.10 Å². The minimum atomic E-state index is -0.289. The topological polar surface area (TPSA) is 99.9 Å². The van der Waals surface area contributed by atoms with E-state index in [0.717, 1.165) is 16.9 Å². The summed E-state index contributed by atoms with van der Waals surface area (Å²) in [4.78, 5) is 19.8. The third-order valence-electron chi connectivity index (χ3n) is 5.35. The van der Waals surface area contributed by atoms with Crippen molar-refractivity contribution in [3.63, 3.8) is 0 Å². The molecule has 3 aromatic rings. The van der Waals surface area contributed by atoms with E-state index in [-0.39, 0.29) is 11.2 Å². The van der Waals surface area contributed by atoms with E-state index < -0.39 is 0 Å². The molecule has 2 N–H and O–H groups in total. The van der Waals surface area contributed by atoms with Crippen LogP contribution < -0.4 is 5.49 Å². The summed E-state index contributed by atoms with van der Waals surface area (Å²) in [5.74, 6) is 0.0915. The van der Waals surface area contributed by atoms with E-state index in [4.69, 9.17) is 15.1 Å². The Balaban J connectivity index is 1.81. The number of ether oxygens (including phenoxy) is 1. The number of rotatable bonds is 5. The summed E-state index contributed by atoms with van der Waals surface area (Å²) >= 11 is 1.40. The van der Waals surface area contributed by atoms with Crippen molar-refractivity contribution in [3.8, 4) is 5.69 Å². The van der Waals surface area contributed by atoms with E-state index in [9.17, 15) is 4.79 Å². The van der Waals surface area contributed by atoms with Gasteiger partial charge in [0.1, 0.15) is 5.49 Å². The molecule has 1 saturated heterocycles. The number of morpholine rings is 1. The van der Waals surface area contributed by atoms with Gasteiger partial charge in [0, 0.05) is 18.8 Å². The van der Waals surface area contributed by atoms with Gasteiger partial charge in [0.15, 0.2) is 10.8 Å². The molecule has 0 spiro atoms. The molecule has 0 radical (unpaired) electrons. The van der Waals surface area contributed by atoms with E-state index in [0.29, 0.717) is 54.4 Å². The van der Waals surface area contributed by atoms with Crippen molar-refractivity contribution in [2.24, 2.45) is 0 Å². The predicted molar refractivity (Wildman–Crippen MR) is 116 cm³/mol. The smallest absolute Gasteiger partial charge is 0.236 e. The van der Waals surface area contributed by atoms with Crippen molar-refractivity contribution in [3.05, 3.63) is 41.0 Å². The van der Waals surface area contributed by atoms with Crippen LogP contribution in [0.2, 0.25) is 0 Å². The van der Waals surface area contributed by atoms with Crippen LogP contribution in [0.15, 0.2) is 29.4 Å². The third-order valence-corrected chi connectivity index (χ3v) is 6.66. The summed E-state index contributed by atoms with van der Waals surface area (Å²) in [5.41, 5.74) is 3.54. The number of carbonyl (C=O) groups excluding carboxylic acids is 1. The molecule has 1 aliphatic rings. The zero-order valence-electron chi connectivity index (χ0n) is 17.4. The van der Waals surface area contributed by atoms with Crippen molar-refractivity contribution >= 4 is 28.7 Å². The highest BCUT2D eigenvalue weighted by Gasteiger charge is 2.28. The summed E-state index contributed by atoms with van der Waals surface area (Å²) in [6.07, 6.45) is 0.668. The Bertz CT molecular complexity index is 1130. The lowest BCUT2D eigenvalue weighted by Gasteiger charge is -2.30. The van der Waals surface area contributed by atoms with Crippen LogP contribution in [0.1, 0.15) is 24.6 Å². The van der Waals surface area contributed by atoms with Gasteiger partial charge in [0.2, 0.25) is 5.91 Å². The molecule has 9 heteroatoms. The molecule has 1 atom stereocenters. The van der Waals surface area contributed by atoms with Crippen LogP contribution in [0.3, 0.4) is 0 Å². The van der Waals surface area contributed by atoms with Gasteiger partial charge in [0.25, 0.3) is 0 Å². The van der Waals surface area contributed by atoms with Crippen LogP contribution in [0, 0.1) is 19.3 Å². The van der Waals surface area contributed by atoms with Crippen molar-refractivity contribution in [2.75, 3.05) is 26.3 Å². The largest absolute Gasteiger partial charge is 0.378 e. The maximum atomic E-state index is 13.1. The fourth-order valence-electron chi connectivity index (χ4n) is 3.67. The first-order chi connectivity index (χ1) is 14.5. The van der Waals surface area contributed by atoms with Crippen LogP contribution in [0.25, 0.3) is 16.7 Å². The monoisotopic (exact) mass is 426 g/mol. The number of aromatic nitrogens is 4. The molecule has 1 aliphatic heterocycles. The van der Waals surface area contributed by atoms with Gasteiger partial charge < -0.3 is 9.64 Å². The Morgan fingerprint density at radius 2 is 2.03 bits per heavy atom. The number of benzene rings is 1. The molecule has 0 aliphatic carbocycles. The average molecular weight is 427 g/mol.